The third-order valence-corrected chi connectivity index (χ3v) is 3.82. The number of amides is 1. The Kier molecular flexibility index (Phi) is 4.65. The van der Waals surface area contributed by atoms with Crippen LogP contribution in [0.25, 0.3) is 0 Å². The highest BCUT2D eigenvalue weighted by Crippen LogP contribution is 2.31. The van der Waals surface area contributed by atoms with Crippen LogP contribution < -0.4 is 15.4 Å². The lowest BCUT2D eigenvalue weighted by Crippen LogP contribution is -2.32. The maximum absolute atomic E-state index is 12.2. The average molecular weight is 276 g/mol. The Bertz CT molecular complexity index is 471. The molecule has 1 amide bonds. The lowest BCUT2D eigenvalue weighted by atomic mass is 9.88. The topological polar surface area (TPSA) is 55.6 Å². The van der Waals surface area contributed by atoms with Crippen LogP contribution in [0.1, 0.15) is 33.1 Å². The fourth-order valence-electron chi connectivity index (χ4n) is 2.38. The number of ether oxygens (including phenoxy) is 1. The smallest absolute Gasteiger partial charge is 0.230 e. The van der Waals surface area contributed by atoms with E-state index in [0.29, 0.717) is 19.6 Å². The van der Waals surface area contributed by atoms with E-state index in [1.165, 1.54) is 0 Å². The molecular formula is C16H24N2O2. The average Bonchev–Trinajstić information content (AvgIpc) is 2.59. The van der Waals surface area contributed by atoms with Crippen LogP contribution in [0.4, 0.5) is 5.69 Å². The van der Waals surface area contributed by atoms with Crippen molar-refractivity contribution < 1.29 is 9.53 Å². The monoisotopic (exact) mass is 276 g/mol. The summed E-state index contributed by atoms with van der Waals surface area (Å²) in [6.07, 6.45) is 2.40. The van der Waals surface area contributed by atoms with Gasteiger partial charge in [0.1, 0.15) is 5.75 Å². The summed E-state index contributed by atoms with van der Waals surface area (Å²) < 4.78 is 5.64. The Balaban J connectivity index is 2.07. The quantitative estimate of drug-likeness (QED) is 0.899. The molecule has 0 aliphatic carbocycles. The van der Waals surface area contributed by atoms with Gasteiger partial charge in [-0.2, -0.15) is 0 Å². The molecule has 0 unspecified atom stereocenters. The van der Waals surface area contributed by atoms with Crippen molar-refractivity contribution in [2.75, 3.05) is 24.6 Å². The standard InChI is InChI=1S/C16H24N2O2/c1-16(2,12-17)9-5-10-18-13-6-3-4-7-14(13)20-11-8-15(18)19/h3-4,6-7H,5,8-12,17H2,1-2H3. The van der Waals surface area contributed by atoms with E-state index in [2.05, 4.69) is 13.8 Å². The summed E-state index contributed by atoms with van der Waals surface area (Å²) in [6.45, 7) is 6.17. The van der Waals surface area contributed by atoms with Gasteiger partial charge in [0.05, 0.1) is 18.7 Å². The summed E-state index contributed by atoms with van der Waals surface area (Å²) in [7, 11) is 0. The number of nitrogens with zero attached hydrogens (tertiary/aromatic N) is 1. The molecule has 0 radical (unpaired) electrons. The van der Waals surface area contributed by atoms with Gasteiger partial charge in [-0.1, -0.05) is 26.0 Å². The molecular weight excluding hydrogens is 252 g/mol. The number of carbonyl (C=O) groups is 1. The second-order valence-electron chi connectivity index (χ2n) is 6.08. The van der Waals surface area contributed by atoms with Crippen molar-refractivity contribution in [3.8, 4) is 5.75 Å². The number of anilines is 1. The van der Waals surface area contributed by atoms with Crippen LogP contribution >= 0.6 is 0 Å². The van der Waals surface area contributed by atoms with E-state index >= 15 is 0 Å². The highest BCUT2D eigenvalue weighted by molar-refractivity contribution is 5.95. The third kappa shape index (κ3) is 3.51. The zero-order chi connectivity index (χ0) is 14.6. The number of carbonyl (C=O) groups excluding carboxylic acids is 1. The molecule has 110 valence electrons. The van der Waals surface area contributed by atoms with Gasteiger partial charge in [-0.05, 0) is 36.9 Å². The van der Waals surface area contributed by atoms with Crippen LogP contribution in [-0.2, 0) is 4.79 Å². The van der Waals surface area contributed by atoms with E-state index in [1.807, 2.05) is 29.2 Å². The van der Waals surface area contributed by atoms with Crippen LogP contribution in [0.15, 0.2) is 24.3 Å². The van der Waals surface area contributed by atoms with E-state index in [4.69, 9.17) is 10.5 Å². The minimum Gasteiger partial charge on any atom is -0.491 e. The zero-order valence-electron chi connectivity index (χ0n) is 12.4. The number of fused-ring (bicyclic) bond motifs is 1. The number of para-hydroxylation sites is 2. The third-order valence-electron chi connectivity index (χ3n) is 3.82. The van der Waals surface area contributed by atoms with Gasteiger partial charge in [0.2, 0.25) is 5.91 Å². The van der Waals surface area contributed by atoms with E-state index in [0.717, 1.165) is 30.8 Å². The summed E-state index contributed by atoms with van der Waals surface area (Å²) in [5, 5.41) is 0. The lowest BCUT2D eigenvalue weighted by molar-refractivity contribution is -0.118. The van der Waals surface area contributed by atoms with Crippen LogP contribution in [0.5, 0.6) is 5.75 Å². The Morgan fingerprint density at radius 1 is 1.35 bits per heavy atom. The molecule has 4 heteroatoms. The summed E-state index contributed by atoms with van der Waals surface area (Å²) >= 11 is 0. The molecule has 2 N–H and O–H groups in total. The summed E-state index contributed by atoms with van der Waals surface area (Å²) in [5.41, 5.74) is 6.77. The molecule has 0 aromatic heterocycles. The number of hydrogen-bond acceptors (Lipinski definition) is 3. The number of rotatable bonds is 5. The molecule has 2 rings (SSSR count). The first kappa shape index (κ1) is 14.9. The van der Waals surface area contributed by atoms with E-state index in [1.54, 1.807) is 0 Å². The fourth-order valence-corrected chi connectivity index (χ4v) is 2.38. The van der Waals surface area contributed by atoms with Crippen LogP contribution in [0, 0.1) is 5.41 Å². The van der Waals surface area contributed by atoms with Crippen molar-refractivity contribution in [2.45, 2.75) is 33.1 Å². The van der Waals surface area contributed by atoms with Gasteiger partial charge in [0, 0.05) is 6.54 Å². The highest BCUT2D eigenvalue weighted by Gasteiger charge is 2.23. The Labute approximate surface area is 120 Å². The molecule has 0 atom stereocenters. The lowest BCUT2D eigenvalue weighted by Gasteiger charge is -2.26. The maximum atomic E-state index is 12.2. The summed E-state index contributed by atoms with van der Waals surface area (Å²) in [5.74, 6) is 0.942. The van der Waals surface area contributed by atoms with Gasteiger partial charge in [0.15, 0.2) is 0 Å². The molecule has 0 saturated carbocycles. The number of benzene rings is 1. The molecule has 0 fully saturated rings. The second-order valence-corrected chi connectivity index (χ2v) is 6.08. The Morgan fingerprint density at radius 3 is 2.85 bits per heavy atom. The van der Waals surface area contributed by atoms with Crippen LogP contribution in [0.2, 0.25) is 0 Å². The largest absolute Gasteiger partial charge is 0.491 e. The second kappa shape index (κ2) is 6.27. The highest BCUT2D eigenvalue weighted by atomic mass is 16.5. The summed E-state index contributed by atoms with van der Waals surface area (Å²) in [4.78, 5) is 14.1. The Morgan fingerprint density at radius 2 is 2.10 bits per heavy atom. The normalized spacial score (nSPS) is 15.6. The molecule has 0 spiro atoms. The molecule has 1 aliphatic rings. The van der Waals surface area contributed by atoms with Crippen molar-refractivity contribution in [1.82, 2.24) is 0 Å². The fraction of sp³-hybridized carbons (Fsp3) is 0.562. The Hall–Kier alpha value is -1.55. The van der Waals surface area contributed by atoms with Crippen LogP contribution in [-0.4, -0.2) is 25.6 Å². The SMILES string of the molecule is CC(C)(CN)CCCN1C(=O)CCOc2ccccc21. The van der Waals surface area contributed by atoms with Crippen LogP contribution in [0.3, 0.4) is 0 Å². The molecule has 1 aromatic rings. The van der Waals surface area contributed by atoms with Crippen molar-refractivity contribution in [2.24, 2.45) is 11.1 Å². The number of hydrogen-bond donors (Lipinski definition) is 1. The first-order valence-electron chi connectivity index (χ1n) is 7.26. The van der Waals surface area contributed by atoms with E-state index < -0.39 is 0 Å². The van der Waals surface area contributed by atoms with E-state index in [-0.39, 0.29) is 11.3 Å². The first-order valence-corrected chi connectivity index (χ1v) is 7.26. The minimum atomic E-state index is 0.130. The van der Waals surface area contributed by atoms with Gasteiger partial charge in [0.25, 0.3) is 0 Å². The molecule has 20 heavy (non-hydrogen) atoms. The molecule has 0 saturated heterocycles. The van der Waals surface area contributed by atoms with Gasteiger partial charge < -0.3 is 15.4 Å². The predicted molar refractivity (Wildman–Crippen MR) is 81.0 cm³/mol. The summed E-state index contributed by atoms with van der Waals surface area (Å²) in [6, 6.07) is 7.75. The van der Waals surface area contributed by atoms with Crippen molar-refractivity contribution in [1.29, 1.82) is 0 Å². The first-order chi connectivity index (χ1) is 9.53. The minimum absolute atomic E-state index is 0.130. The predicted octanol–water partition coefficient (Wildman–Crippen LogP) is 2.57. The van der Waals surface area contributed by atoms with E-state index in [9.17, 15) is 4.79 Å². The maximum Gasteiger partial charge on any atom is 0.230 e. The molecule has 4 nitrogen and oxygen atoms in total. The van der Waals surface area contributed by atoms with Crippen molar-refractivity contribution >= 4 is 11.6 Å². The van der Waals surface area contributed by atoms with Gasteiger partial charge in [-0.25, -0.2) is 0 Å². The zero-order valence-corrected chi connectivity index (χ0v) is 12.4. The van der Waals surface area contributed by atoms with Crippen molar-refractivity contribution in [3.63, 3.8) is 0 Å². The van der Waals surface area contributed by atoms with Crippen molar-refractivity contribution in [3.05, 3.63) is 24.3 Å². The van der Waals surface area contributed by atoms with Gasteiger partial charge in [-0.15, -0.1) is 0 Å². The van der Waals surface area contributed by atoms with Gasteiger partial charge in [-0.3, -0.25) is 4.79 Å². The molecule has 1 aromatic carbocycles. The number of nitrogens with two attached hydrogens (primary N) is 1. The molecule has 1 aliphatic heterocycles. The molecule has 1 heterocycles. The molecule has 0 bridgehead atoms. The van der Waals surface area contributed by atoms with Gasteiger partial charge >= 0.3 is 0 Å².